The Labute approximate surface area is 122 Å². The van der Waals surface area contributed by atoms with Crippen LogP contribution in [-0.4, -0.2) is 18.2 Å². The largest absolute Gasteiger partial charge is 0.496 e. The van der Waals surface area contributed by atoms with Crippen molar-refractivity contribution in [1.29, 1.82) is 0 Å². The minimum Gasteiger partial charge on any atom is -0.496 e. The summed E-state index contributed by atoms with van der Waals surface area (Å²) < 4.78 is 6.44. The highest BCUT2D eigenvalue weighted by molar-refractivity contribution is 9.10. The monoisotopic (exact) mass is 326 g/mol. The number of hydrogen-bond donors (Lipinski definition) is 1. The number of carbonyl (C=O) groups is 1. The molecule has 0 aromatic heterocycles. The average molecular weight is 327 g/mol. The molecule has 0 saturated heterocycles. The first-order valence-electron chi connectivity index (χ1n) is 6.65. The summed E-state index contributed by atoms with van der Waals surface area (Å²) in [5.41, 5.74) is 1.20. The van der Waals surface area contributed by atoms with Crippen molar-refractivity contribution >= 4 is 21.9 Å². The molecule has 19 heavy (non-hydrogen) atoms. The van der Waals surface area contributed by atoms with E-state index in [2.05, 4.69) is 22.0 Å². The van der Waals surface area contributed by atoms with Gasteiger partial charge in [-0.3, -0.25) is 4.79 Å². The van der Waals surface area contributed by atoms with Crippen LogP contribution in [-0.2, 0) is 11.2 Å². The number of carboxylic acid groups (broad SMARTS) is 1. The van der Waals surface area contributed by atoms with Gasteiger partial charge >= 0.3 is 5.97 Å². The molecular weight excluding hydrogens is 308 g/mol. The quantitative estimate of drug-likeness (QED) is 0.912. The SMILES string of the molecule is COc1ccc(Br)cc1CC1CCC(C(=O)O)CC1. The predicted octanol–water partition coefficient (Wildman–Crippen LogP) is 3.89. The fourth-order valence-electron chi connectivity index (χ4n) is 2.83. The predicted molar refractivity (Wildman–Crippen MR) is 77.5 cm³/mol. The number of carboxylic acids is 1. The summed E-state index contributed by atoms with van der Waals surface area (Å²) in [4.78, 5) is 10.9. The third kappa shape index (κ3) is 3.72. The van der Waals surface area contributed by atoms with Crippen LogP contribution in [0.4, 0.5) is 0 Å². The molecule has 0 spiro atoms. The highest BCUT2D eigenvalue weighted by Crippen LogP contribution is 2.34. The number of benzene rings is 1. The zero-order chi connectivity index (χ0) is 13.8. The van der Waals surface area contributed by atoms with Gasteiger partial charge in [0.25, 0.3) is 0 Å². The van der Waals surface area contributed by atoms with Crippen molar-refractivity contribution in [3.63, 3.8) is 0 Å². The molecule has 0 unspecified atom stereocenters. The van der Waals surface area contributed by atoms with Crippen molar-refractivity contribution in [2.75, 3.05) is 7.11 Å². The van der Waals surface area contributed by atoms with Gasteiger partial charge in [-0.1, -0.05) is 15.9 Å². The lowest BCUT2D eigenvalue weighted by atomic mass is 9.79. The summed E-state index contributed by atoms with van der Waals surface area (Å²) in [6.07, 6.45) is 4.56. The Morgan fingerprint density at radius 2 is 2.05 bits per heavy atom. The number of aliphatic carboxylic acids is 1. The molecule has 1 aliphatic carbocycles. The van der Waals surface area contributed by atoms with E-state index in [9.17, 15) is 4.79 Å². The molecular formula is C15H19BrO3. The highest BCUT2D eigenvalue weighted by Gasteiger charge is 2.26. The molecule has 1 aromatic carbocycles. The number of hydrogen-bond acceptors (Lipinski definition) is 2. The van der Waals surface area contributed by atoms with E-state index in [1.165, 1.54) is 5.56 Å². The molecule has 1 aromatic rings. The van der Waals surface area contributed by atoms with Gasteiger partial charge < -0.3 is 9.84 Å². The number of rotatable bonds is 4. The zero-order valence-corrected chi connectivity index (χ0v) is 12.6. The maximum atomic E-state index is 10.9. The van der Waals surface area contributed by atoms with Crippen LogP contribution in [0.25, 0.3) is 0 Å². The third-order valence-electron chi connectivity index (χ3n) is 3.95. The van der Waals surface area contributed by atoms with Crippen LogP contribution in [0.15, 0.2) is 22.7 Å². The summed E-state index contributed by atoms with van der Waals surface area (Å²) in [7, 11) is 1.69. The molecule has 3 nitrogen and oxygen atoms in total. The number of ether oxygens (including phenoxy) is 1. The van der Waals surface area contributed by atoms with E-state index < -0.39 is 5.97 Å². The van der Waals surface area contributed by atoms with Crippen LogP contribution in [0, 0.1) is 11.8 Å². The van der Waals surface area contributed by atoms with Gasteiger partial charge in [0.05, 0.1) is 13.0 Å². The topological polar surface area (TPSA) is 46.5 Å². The van der Waals surface area contributed by atoms with E-state index in [0.29, 0.717) is 5.92 Å². The Kier molecular flexibility index (Phi) is 4.86. The van der Waals surface area contributed by atoms with Gasteiger partial charge in [-0.2, -0.15) is 0 Å². The maximum absolute atomic E-state index is 10.9. The Hall–Kier alpha value is -1.03. The van der Waals surface area contributed by atoms with Crippen LogP contribution >= 0.6 is 15.9 Å². The lowest BCUT2D eigenvalue weighted by Crippen LogP contribution is -2.22. The van der Waals surface area contributed by atoms with Crippen LogP contribution in [0.3, 0.4) is 0 Å². The van der Waals surface area contributed by atoms with E-state index in [1.807, 2.05) is 12.1 Å². The Balaban J connectivity index is 1.99. The second kappa shape index (κ2) is 6.42. The van der Waals surface area contributed by atoms with Crippen LogP contribution in [0.2, 0.25) is 0 Å². The molecule has 104 valence electrons. The second-order valence-electron chi connectivity index (χ2n) is 5.22. The van der Waals surface area contributed by atoms with Gasteiger partial charge in [-0.05, 0) is 61.8 Å². The van der Waals surface area contributed by atoms with E-state index in [-0.39, 0.29) is 5.92 Å². The van der Waals surface area contributed by atoms with Gasteiger partial charge in [0.2, 0.25) is 0 Å². The molecule has 1 aliphatic rings. The minimum absolute atomic E-state index is 0.138. The summed E-state index contributed by atoms with van der Waals surface area (Å²) in [6, 6.07) is 6.05. The molecule has 1 saturated carbocycles. The van der Waals surface area contributed by atoms with Crippen LogP contribution in [0.5, 0.6) is 5.75 Å². The molecule has 1 N–H and O–H groups in total. The third-order valence-corrected chi connectivity index (χ3v) is 4.44. The van der Waals surface area contributed by atoms with Crippen LogP contribution < -0.4 is 4.74 Å². The maximum Gasteiger partial charge on any atom is 0.306 e. The van der Waals surface area contributed by atoms with Crippen molar-refractivity contribution in [3.8, 4) is 5.75 Å². The molecule has 0 heterocycles. The summed E-state index contributed by atoms with van der Waals surface area (Å²) in [5.74, 6) is 0.710. The van der Waals surface area contributed by atoms with Gasteiger partial charge in [0.1, 0.15) is 5.75 Å². The van der Waals surface area contributed by atoms with Crippen LogP contribution in [0.1, 0.15) is 31.2 Å². The number of methoxy groups -OCH3 is 1. The fraction of sp³-hybridized carbons (Fsp3) is 0.533. The Bertz CT molecular complexity index is 451. The number of halogens is 1. The van der Waals surface area contributed by atoms with Crippen molar-refractivity contribution in [3.05, 3.63) is 28.2 Å². The summed E-state index contributed by atoms with van der Waals surface area (Å²) in [6.45, 7) is 0. The Morgan fingerprint density at radius 1 is 1.37 bits per heavy atom. The fourth-order valence-corrected chi connectivity index (χ4v) is 3.24. The lowest BCUT2D eigenvalue weighted by molar-refractivity contribution is -0.143. The average Bonchev–Trinajstić information content (AvgIpc) is 2.39. The summed E-state index contributed by atoms with van der Waals surface area (Å²) >= 11 is 3.49. The van der Waals surface area contributed by atoms with Crippen molar-refractivity contribution < 1.29 is 14.6 Å². The van der Waals surface area contributed by atoms with Crippen molar-refractivity contribution in [2.45, 2.75) is 32.1 Å². The lowest BCUT2D eigenvalue weighted by Gasteiger charge is -2.26. The second-order valence-corrected chi connectivity index (χ2v) is 6.13. The van der Waals surface area contributed by atoms with Crippen molar-refractivity contribution in [2.24, 2.45) is 11.8 Å². The zero-order valence-electron chi connectivity index (χ0n) is 11.1. The van der Waals surface area contributed by atoms with E-state index in [0.717, 1.165) is 42.3 Å². The van der Waals surface area contributed by atoms with Gasteiger partial charge in [-0.15, -0.1) is 0 Å². The minimum atomic E-state index is -0.640. The molecule has 4 heteroatoms. The normalized spacial score (nSPS) is 23.1. The molecule has 0 atom stereocenters. The molecule has 0 amide bonds. The Morgan fingerprint density at radius 3 is 2.63 bits per heavy atom. The van der Waals surface area contributed by atoms with E-state index in [1.54, 1.807) is 7.11 Å². The summed E-state index contributed by atoms with van der Waals surface area (Å²) in [5, 5.41) is 9.01. The van der Waals surface area contributed by atoms with E-state index in [4.69, 9.17) is 9.84 Å². The molecule has 0 bridgehead atoms. The molecule has 2 rings (SSSR count). The highest BCUT2D eigenvalue weighted by atomic mass is 79.9. The smallest absolute Gasteiger partial charge is 0.306 e. The molecule has 0 radical (unpaired) electrons. The molecule has 1 fully saturated rings. The first kappa shape index (κ1) is 14.4. The van der Waals surface area contributed by atoms with Gasteiger partial charge in [0.15, 0.2) is 0 Å². The van der Waals surface area contributed by atoms with E-state index >= 15 is 0 Å². The van der Waals surface area contributed by atoms with Gasteiger partial charge in [0, 0.05) is 4.47 Å². The first-order valence-corrected chi connectivity index (χ1v) is 7.44. The standard InChI is InChI=1S/C15H19BrO3/c1-19-14-7-6-13(16)9-12(14)8-10-2-4-11(5-3-10)15(17)18/h6-7,9-11H,2-5,8H2,1H3,(H,17,18). The first-order chi connectivity index (χ1) is 9.10. The van der Waals surface area contributed by atoms with Crippen molar-refractivity contribution in [1.82, 2.24) is 0 Å². The molecule has 0 aliphatic heterocycles. The van der Waals surface area contributed by atoms with Gasteiger partial charge in [-0.25, -0.2) is 0 Å².